The van der Waals surface area contributed by atoms with E-state index in [0.29, 0.717) is 17.7 Å². The summed E-state index contributed by atoms with van der Waals surface area (Å²) in [7, 11) is 5.76. The molecule has 0 spiro atoms. The first kappa shape index (κ1) is 20.0. The zero-order valence-electron chi connectivity index (χ0n) is 17.3. The lowest BCUT2D eigenvalue weighted by Gasteiger charge is -2.31. The van der Waals surface area contributed by atoms with Gasteiger partial charge in [-0.1, -0.05) is 13.8 Å². The molecule has 0 aliphatic heterocycles. The van der Waals surface area contributed by atoms with Gasteiger partial charge < -0.3 is 4.90 Å². The molecule has 0 radical (unpaired) electrons. The van der Waals surface area contributed by atoms with Crippen LogP contribution < -0.4 is 0 Å². The van der Waals surface area contributed by atoms with Gasteiger partial charge in [0.2, 0.25) is 0 Å². The molecule has 2 aromatic rings. The van der Waals surface area contributed by atoms with Crippen LogP contribution in [0.25, 0.3) is 0 Å². The highest BCUT2D eigenvalue weighted by molar-refractivity contribution is 7.09. The van der Waals surface area contributed by atoms with Crippen LogP contribution in [0.1, 0.15) is 52.7 Å². The summed E-state index contributed by atoms with van der Waals surface area (Å²) in [4.78, 5) is 21.3. The number of hydrogen-bond acceptors (Lipinski definition) is 5. The molecule has 27 heavy (non-hydrogen) atoms. The molecule has 0 saturated carbocycles. The predicted molar refractivity (Wildman–Crippen MR) is 109 cm³/mol. The summed E-state index contributed by atoms with van der Waals surface area (Å²) in [6, 6.07) is 0.407. The second-order valence-corrected chi connectivity index (χ2v) is 9.28. The van der Waals surface area contributed by atoms with Crippen molar-refractivity contribution in [2.45, 2.75) is 59.2 Å². The fourth-order valence-corrected chi connectivity index (χ4v) is 4.40. The van der Waals surface area contributed by atoms with Crippen molar-refractivity contribution in [2.75, 3.05) is 21.1 Å². The fourth-order valence-electron chi connectivity index (χ4n) is 3.79. The Morgan fingerprint density at radius 1 is 1.37 bits per heavy atom. The Balaban J connectivity index is 1.84. The number of fused-ring (bicyclic) bond motifs is 1. The molecule has 1 aliphatic rings. The number of aryl methyl sites for hydroxylation is 1. The molecule has 148 valence electrons. The second kappa shape index (κ2) is 8.10. The van der Waals surface area contributed by atoms with E-state index < -0.39 is 0 Å². The van der Waals surface area contributed by atoms with Gasteiger partial charge in [0, 0.05) is 49.9 Å². The van der Waals surface area contributed by atoms with E-state index in [1.807, 2.05) is 6.92 Å². The molecule has 0 bridgehead atoms. The molecule has 1 aliphatic carbocycles. The van der Waals surface area contributed by atoms with Crippen LogP contribution in [0.4, 0.5) is 0 Å². The largest absolute Gasteiger partial charge is 0.343 e. The first-order chi connectivity index (χ1) is 12.8. The molecule has 2 aromatic heterocycles. The Morgan fingerprint density at radius 2 is 2.11 bits per heavy atom. The highest BCUT2D eigenvalue weighted by Crippen LogP contribution is 2.29. The maximum absolute atomic E-state index is 12.7. The predicted octanol–water partition coefficient (Wildman–Crippen LogP) is 3.00. The highest BCUT2D eigenvalue weighted by Gasteiger charge is 2.31. The number of carbonyl (C=O) groups is 1. The lowest BCUT2D eigenvalue weighted by Crippen LogP contribution is -2.37. The van der Waals surface area contributed by atoms with Crippen LogP contribution >= 0.6 is 11.3 Å². The topological polar surface area (TPSA) is 54.3 Å². The normalized spacial score (nSPS) is 16.8. The van der Waals surface area contributed by atoms with Crippen LogP contribution in [0.3, 0.4) is 0 Å². The van der Waals surface area contributed by atoms with E-state index in [4.69, 9.17) is 5.10 Å². The van der Waals surface area contributed by atoms with Crippen LogP contribution in [0.5, 0.6) is 0 Å². The van der Waals surface area contributed by atoms with E-state index in [9.17, 15) is 4.79 Å². The van der Waals surface area contributed by atoms with Crippen molar-refractivity contribution in [2.24, 2.45) is 5.92 Å². The van der Waals surface area contributed by atoms with Gasteiger partial charge in [0.05, 0.1) is 10.7 Å². The smallest absolute Gasteiger partial charge is 0.274 e. The van der Waals surface area contributed by atoms with Gasteiger partial charge in [-0.3, -0.25) is 14.4 Å². The zero-order chi connectivity index (χ0) is 19.7. The molecule has 2 heterocycles. The average Bonchev–Trinajstić information content (AvgIpc) is 3.17. The van der Waals surface area contributed by atoms with Gasteiger partial charge in [0.1, 0.15) is 0 Å². The third kappa shape index (κ3) is 4.41. The van der Waals surface area contributed by atoms with Gasteiger partial charge in [0.25, 0.3) is 5.91 Å². The van der Waals surface area contributed by atoms with Gasteiger partial charge in [-0.25, -0.2) is 4.98 Å². The molecule has 1 atom stereocenters. The van der Waals surface area contributed by atoms with E-state index in [2.05, 4.69) is 40.8 Å². The molecule has 1 amide bonds. The van der Waals surface area contributed by atoms with Gasteiger partial charge in [0.15, 0.2) is 5.69 Å². The second-order valence-electron chi connectivity index (χ2n) is 8.22. The summed E-state index contributed by atoms with van der Waals surface area (Å²) in [6.45, 7) is 8.14. The fraction of sp³-hybridized carbons (Fsp3) is 0.650. The van der Waals surface area contributed by atoms with Gasteiger partial charge in [-0.05, 0) is 39.2 Å². The lowest BCUT2D eigenvalue weighted by atomic mass is 9.90. The molecule has 1 unspecified atom stereocenters. The minimum absolute atomic E-state index is 0.00665. The molecule has 0 fully saturated rings. The first-order valence-corrected chi connectivity index (χ1v) is 10.6. The van der Waals surface area contributed by atoms with E-state index in [1.54, 1.807) is 30.3 Å². The maximum Gasteiger partial charge on any atom is 0.274 e. The number of likely N-dealkylation sites (N-methyl/N-ethyl adjacent to an activating group) is 1. The highest BCUT2D eigenvalue weighted by atomic mass is 32.1. The quantitative estimate of drug-likeness (QED) is 0.762. The van der Waals surface area contributed by atoms with Crippen molar-refractivity contribution in [3.63, 3.8) is 0 Å². The molecule has 7 heteroatoms. The first-order valence-electron chi connectivity index (χ1n) is 9.67. The molecule has 0 aromatic carbocycles. The van der Waals surface area contributed by atoms with Crippen molar-refractivity contribution in [3.05, 3.63) is 33.0 Å². The van der Waals surface area contributed by atoms with Crippen molar-refractivity contribution in [1.82, 2.24) is 24.6 Å². The van der Waals surface area contributed by atoms with Crippen LogP contribution in [-0.4, -0.2) is 57.7 Å². The molecule has 0 saturated heterocycles. The Kier molecular flexibility index (Phi) is 6.01. The SMILES string of the molecule is Cc1nc(CN(C)C2CCc3c(c(C(=O)N(C)C)nn3CC(C)C)C2)cs1. The Morgan fingerprint density at radius 3 is 2.70 bits per heavy atom. The Labute approximate surface area is 166 Å². The molecule has 0 N–H and O–H groups in total. The number of amides is 1. The van der Waals surface area contributed by atoms with E-state index in [-0.39, 0.29) is 5.91 Å². The number of thiazole rings is 1. The Hall–Kier alpha value is -1.73. The molecular formula is C20H31N5OS. The standard InChI is InChI=1S/C20H31N5OS/c1-13(2)10-25-18-8-7-16(24(6)11-15-12-27-14(3)21-15)9-17(18)19(22-25)20(26)23(4)5/h12-13,16H,7-11H2,1-6H3. The number of nitrogens with zero attached hydrogens (tertiary/aromatic N) is 5. The van der Waals surface area contributed by atoms with Gasteiger partial charge in [-0.2, -0.15) is 5.10 Å². The number of carbonyl (C=O) groups excluding carboxylic acids is 1. The summed E-state index contributed by atoms with van der Waals surface area (Å²) < 4.78 is 2.08. The van der Waals surface area contributed by atoms with E-state index in [1.165, 1.54) is 5.69 Å². The number of aromatic nitrogens is 3. The van der Waals surface area contributed by atoms with Crippen LogP contribution in [0.15, 0.2) is 5.38 Å². The van der Waals surface area contributed by atoms with E-state index >= 15 is 0 Å². The lowest BCUT2D eigenvalue weighted by molar-refractivity contribution is 0.0819. The average molecular weight is 390 g/mol. The van der Waals surface area contributed by atoms with Crippen molar-refractivity contribution in [1.29, 1.82) is 0 Å². The number of hydrogen-bond donors (Lipinski definition) is 0. The third-order valence-electron chi connectivity index (χ3n) is 5.17. The van der Waals surface area contributed by atoms with Gasteiger partial charge in [-0.15, -0.1) is 11.3 Å². The molecule has 6 nitrogen and oxygen atoms in total. The van der Waals surface area contributed by atoms with Gasteiger partial charge >= 0.3 is 0 Å². The van der Waals surface area contributed by atoms with Crippen LogP contribution in [0, 0.1) is 12.8 Å². The molecular weight excluding hydrogens is 358 g/mol. The zero-order valence-corrected chi connectivity index (χ0v) is 18.1. The Bertz CT molecular complexity index is 807. The number of rotatable bonds is 6. The van der Waals surface area contributed by atoms with Crippen LogP contribution in [0.2, 0.25) is 0 Å². The summed E-state index contributed by atoms with van der Waals surface area (Å²) in [5, 5.41) is 7.98. The van der Waals surface area contributed by atoms with Crippen molar-refractivity contribution >= 4 is 17.2 Å². The summed E-state index contributed by atoms with van der Waals surface area (Å²) in [5.74, 6) is 0.511. The maximum atomic E-state index is 12.7. The third-order valence-corrected chi connectivity index (χ3v) is 5.99. The minimum atomic E-state index is 0.00665. The summed E-state index contributed by atoms with van der Waals surface area (Å²) in [6.07, 6.45) is 2.94. The summed E-state index contributed by atoms with van der Waals surface area (Å²) >= 11 is 1.70. The van der Waals surface area contributed by atoms with Crippen LogP contribution in [-0.2, 0) is 25.9 Å². The minimum Gasteiger partial charge on any atom is -0.343 e. The van der Waals surface area contributed by atoms with Crippen molar-refractivity contribution < 1.29 is 4.79 Å². The monoisotopic (exact) mass is 389 g/mol. The molecule has 3 rings (SSSR count). The summed E-state index contributed by atoms with van der Waals surface area (Å²) in [5.41, 5.74) is 4.17. The van der Waals surface area contributed by atoms with E-state index in [0.717, 1.165) is 48.6 Å². The van der Waals surface area contributed by atoms with Crippen molar-refractivity contribution in [3.8, 4) is 0 Å².